The molecule has 0 aliphatic rings. The first-order valence-electron chi connectivity index (χ1n) is 5.61. The molecule has 0 fully saturated rings. The lowest BCUT2D eigenvalue weighted by atomic mass is 10.1. The molecule has 1 aromatic heterocycles. The average Bonchev–Trinajstić information content (AvgIpc) is 2.36. The van der Waals surface area contributed by atoms with E-state index in [1.165, 1.54) is 0 Å². The van der Waals surface area contributed by atoms with Gasteiger partial charge in [-0.1, -0.05) is 13.8 Å². The fourth-order valence-corrected chi connectivity index (χ4v) is 1.77. The van der Waals surface area contributed by atoms with E-state index in [2.05, 4.69) is 24.3 Å². The third-order valence-corrected chi connectivity index (χ3v) is 2.78. The van der Waals surface area contributed by atoms with Crippen LogP contribution in [0.1, 0.15) is 25.5 Å². The average molecular weight is 231 g/mol. The molecule has 3 N–H and O–H groups in total. The molecular weight excluding hydrogens is 214 g/mol. The molecular formula is C13H17N3O. The minimum Gasteiger partial charge on any atom is -0.497 e. The molecule has 2 aromatic rings. The highest BCUT2D eigenvalue weighted by molar-refractivity contribution is 5.92. The Bertz CT molecular complexity index is 537. The van der Waals surface area contributed by atoms with Crippen molar-refractivity contribution in [2.45, 2.75) is 19.8 Å². The SMILES string of the molecule is COc1ccc2nc(C(C)C)cc(NN)c2c1. The van der Waals surface area contributed by atoms with Crippen LogP contribution in [0, 0.1) is 0 Å². The third-order valence-electron chi connectivity index (χ3n) is 2.78. The van der Waals surface area contributed by atoms with Crippen LogP contribution < -0.4 is 16.0 Å². The van der Waals surface area contributed by atoms with Gasteiger partial charge in [0, 0.05) is 11.1 Å². The van der Waals surface area contributed by atoms with Gasteiger partial charge in [0.25, 0.3) is 0 Å². The first kappa shape index (κ1) is 11.7. The molecule has 0 unspecified atom stereocenters. The van der Waals surface area contributed by atoms with Crippen molar-refractivity contribution >= 4 is 16.6 Å². The van der Waals surface area contributed by atoms with Gasteiger partial charge in [0.1, 0.15) is 5.75 Å². The van der Waals surface area contributed by atoms with Gasteiger partial charge in [-0.05, 0) is 30.2 Å². The monoisotopic (exact) mass is 231 g/mol. The number of hydrogen-bond donors (Lipinski definition) is 2. The molecule has 0 saturated carbocycles. The number of anilines is 1. The summed E-state index contributed by atoms with van der Waals surface area (Å²) in [5.74, 6) is 6.73. The second-order valence-electron chi connectivity index (χ2n) is 4.28. The van der Waals surface area contributed by atoms with Crippen molar-refractivity contribution < 1.29 is 4.74 Å². The second kappa shape index (κ2) is 4.59. The van der Waals surface area contributed by atoms with Crippen LogP contribution in [0.25, 0.3) is 10.9 Å². The van der Waals surface area contributed by atoms with Crippen LogP contribution in [-0.4, -0.2) is 12.1 Å². The van der Waals surface area contributed by atoms with E-state index in [-0.39, 0.29) is 0 Å². The van der Waals surface area contributed by atoms with Crippen LogP contribution in [0.15, 0.2) is 24.3 Å². The maximum Gasteiger partial charge on any atom is 0.119 e. The van der Waals surface area contributed by atoms with Gasteiger partial charge in [-0.25, -0.2) is 0 Å². The molecule has 0 spiro atoms. The Morgan fingerprint density at radius 3 is 2.65 bits per heavy atom. The van der Waals surface area contributed by atoms with E-state index in [4.69, 9.17) is 10.6 Å². The smallest absolute Gasteiger partial charge is 0.119 e. The lowest BCUT2D eigenvalue weighted by molar-refractivity contribution is 0.415. The summed E-state index contributed by atoms with van der Waals surface area (Å²) in [6, 6.07) is 7.76. The zero-order valence-electron chi connectivity index (χ0n) is 10.3. The van der Waals surface area contributed by atoms with E-state index in [1.807, 2.05) is 24.3 Å². The number of rotatable bonds is 3. The number of benzene rings is 1. The Kier molecular flexibility index (Phi) is 3.15. The number of pyridine rings is 1. The summed E-state index contributed by atoms with van der Waals surface area (Å²) in [4.78, 5) is 4.61. The standard InChI is InChI=1S/C13H17N3O/c1-8(2)12-7-13(16-14)10-6-9(17-3)4-5-11(10)15-12/h4-8H,14H2,1-3H3,(H,15,16). The maximum atomic E-state index is 5.56. The molecule has 0 amide bonds. The number of nitrogens with one attached hydrogen (secondary N) is 1. The third kappa shape index (κ3) is 2.17. The van der Waals surface area contributed by atoms with Crippen LogP contribution in [-0.2, 0) is 0 Å². The molecule has 0 aliphatic heterocycles. The first-order chi connectivity index (χ1) is 8.15. The summed E-state index contributed by atoms with van der Waals surface area (Å²) in [5, 5.41) is 0.969. The molecule has 0 bridgehead atoms. The Morgan fingerprint density at radius 1 is 1.29 bits per heavy atom. The minimum absolute atomic E-state index is 0.369. The maximum absolute atomic E-state index is 5.56. The highest BCUT2D eigenvalue weighted by Gasteiger charge is 2.08. The van der Waals surface area contributed by atoms with E-state index in [0.717, 1.165) is 28.0 Å². The Hall–Kier alpha value is -1.81. The molecule has 0 saturated heterocycles. The van der Waals surface area contributed by atoms with Crippen LogP contribution in [0.5, 0.6) is 5.75 Å². The van der Waals surface area contributed by atoms with E-state index in [9.17, 15) is 0 Å². The number of nitrogens with two attached hydrogens (primary N) is 1. The van der Waals surface area contributed by atoms with Crippen molar-refractivity contribution in [3.8, 4) is 5.75 Å². The van der Waals surface area contributed by atoms with E-state index in [1.54, 1.807) is 7.11 Å². The number of ether oxygens (including phenoxy) is 1. The minimum atomic E-state index is 0.369. The Labute approximate surface area is 101 Å². The van der Waals surface area contributed by atoms with Crippen molar-refractivity contribution in [2.24, 2.45) is 5.84 Å². The number of hydrazine groups is 1. The van der Waals surface area contributed by atoms with Crippen LogP contribution >= 0.6 is 0 Å². The molecule has 2 rings (SSSR count). The largest absolute Gasteiger partial charge is 0.497 e. The molecule has 0 radical (unpaired) electrons. The fraction of sp³-hybridized carbons (Fsp3) is 0.308. The Balaban J connectivity index is 2.68. The van der Waals surface area contributed by atoms with E-state index >= 15 is 0 Å². The molecule has 90 valence electrons. The number of aromatic nitrogens is 1. The summed E-state index contributed by atoms with van der Waals surface area (Å²) >= 11 is 0. The van der Waals surface area contributed by atoms with Gasteiger partial charge in [0.2, 0.25) is 0 Å². The summed E-state index contributed by atoms with van der Waals surface area (Å²) in [7, 11) is 1.65. The lowest BCUT2D eigenvalue weighted by Crippen LogP contribution is -2.09. The summed E-state index contributed by atoms with van der Waals surface area (Å²) in [5.41, 5.74) is 5.54. The fourth-order valence-electron chi connectivity index (χ4n) is 1.77. The predicted octanol–water partition coefficient (Wildman–Crippen LogP) is 2.65. The van der Waals surface area contributed by atoms with Crippen molar-refractivity contribution in [3.63, 3.8) is 0 Å². The van der Waals surface area contributed by atoms with Gasteiger partial charge in [0.15, 0.2) is 0 Å². The van der Waals surface area contributed by atoms with Gasteiger partial charge < -0.3 is 10.2 Å². The number of fused-ring (bicyclic) bond motifs is 1. The Morgan fingerprint density at radius 2 is 2.06 bits per heavy atom. The zero-order valence-corrected chi connectivity index (χ0v) is 10.3. The molecule has 1 heterocycles. The molecule has 1 aromatic carbocycles. The summed E-state index contributed by atoms with van der Waals surface area (Å²) in [6.45, 7) is 4.22. The quantitative estimate of drug-likeness (QED) is 0.629. The summed E-state index contributed by atoms with van der Waals surface area (Å²) < 4.78 is 5.20. The highest BCUT2D eigenvalue weighted by atomic mass is 16.5. The number of methoxy groups -OCH3 is 1. The zero-order chi connectivity index (χ0) is 12.4. The van der Waals surface area contributed by atoms with Crippen LogP contribution in [0.4, 0.5) is 5.69 Å². The molecule has 0 atom stereocenters. The van der Waals surface area contributed by atoms with E-state index < -0.39 is 0 Å². The van der Waals surface area contributed by atoms with Crippen molar-refractivity contribution in [1.29, 1.82) is 0 Å². The van der Waals surface area contributed by atoms with Crippen LogP contribution in [0.3, 0.4) is 0 Å². The van der Waals surface area contributed by atoms with Gasteiger partial charge >= 0.3 is 0 Å². The lowest BCUT2D eigenvalue weighted by Gasteiger charge is -2.12. The normalized spacial score (nSPS) is 10.9. The molecule has 17 heavy (non-hydrogen) atoms. The van der Waals surface area contributed by atoms with Gasteiger partial charge in [-0.3, -0.25) is 10.8 Å². The van der Waals surface area contributed by atoms with Gasteiger partial charge in [-0.2, -0.15) is 0 Å². The molecule has 0 aliphatic carbocycles. The number of nitrogens with zero attached hydrogens (tertiary/aromatic N) is 1. The molecule has 4 nitrogen and oxygen atoms in total. The van der Waals surface area contributed by atoms with E-state index in [0.29, 0.717) is 5.92 Å². The van der Waals surface area contributed by atoms with Crippen LogP contribution in [0.2, 0.25) is 0 Å². The van der Waals surface area contributed by atoms with Gasteiger partial charge in [-0.15, -0.1) is 0 Å². The number of hydrogen-bond acceptors (Lipinski definition) is 4. The van der Waals surface area contributed by atoms with Crippen molar-refractivity contribution in [1.82, 2.24) is 4.98 Å². The van der Waals surface area contributed by atoms with Crippen molar-refractivity contribution in [3.05, 3.63) is 30.0 Å². The number of nitrogen functional groups attached to an aromatic ring is 1. The topological polar surface area (TPSA) is 60.2 Å². The predicted molar refractivity (Wildman–Crippen MR) is 70.2 cm³/mol. The summed E-state index contributed by atoms with van der Waals surface area (Å²) in [6.07, 6.45) is 0. The molecule has 4 heteroatoms. The van der Waals surface area contributed by atoms with Crippen molar-refractivity contribution in [2.75, 3.05) is 12.5 Å². The second-order valence-corrected chi connectivity index (χ2v) is 4.28. The first-order valence-corrected chi connectivity index (χ1v) is 5.61. The highest BCUT2D eigenvalue weighted by Crippen LogP contribution is 2.28. The van der Waals surface area contributed by atoms with Gasteiger partial charge in [0.05, 0.1) is 18.3 Å².